The van der Waals surface area contributed by atoms with Crippen LogP contribution in [0, 0.1) is 0 Å². The molecule has 0 heterocycles. The third kappa shape index (κ3) is 4.57. The molecule has 120 valence electrons. The van der Waals surface area contributed by atoms with Gasteiger partial charge >= 0.3 is 0 Å². The standard InChI is InChI=1S/C18H20N2O3/c1-3-19-17(21)13-7-5-9-15(11-13)20-18(22)14-8-6-10-16(12-14)23-4-2/h5-12H,3-4H2,1-2H3,(H,19,21)(H,20,22). The fourth-order valence-electron chi connectivity index (χ4n) is 2.10. The highest BCUT2D eigenvalue weighted by Gasteiger charge is 2.09. The van der Waals surface area contributed by atoms with Gasteiger partial charge in [0.15, 0.2) is 0 Å². The lowest BCUT2D eigenvalue weighted by atomic mass is 10.1. The number of benzene rings is 2. The van der Waals surface area contributed by atoms with Crippen molar-refractivity contribution < 1.29 is 14.3 Å². The van der Waals surface area contributed by atoms with Crippen LogP contribution in [0.3, 0.4) is 0 Å². The highest BCUT2D eigenvalue weighted by atomic mass is 16.5. The van der Waals surface area contributed by atoms with E-state index in [-0.39, 0.29) is 11.8 Å². The van der Waals surface area contributed by atoms with Gasteiger partial charge in [0, 0.05) is 23.4 Å². The van der Waals surface area contributed by atoms with Gasteiger partial charge in [0.05, 0.1) is 6.61 Å². The van der Waals surface area contributed by atoms with Gasteiger partial charge in [-0.1, -0.05) is 12.1 Å². The summed E-state index contributed by atoms with van der Waals surface area (Å²) in [5.74, 6) is 0.234. The molecule has 5 nitrogen and oxygen atoms in total. The van der Waals surface area contributed by atoms with Gasteiger partial charge in [0.25, 0.3) is 11.8 Å². The molecule has 0 aliphatic carbocycles. The number of nitrogens with one attached hydrogen (secondary N) is 2. The zero-order valence-corrected chi connectivity index (χ0v) is 13.3. The summed E-state index contributed by atoms with van der Waals surface area (Å²) in [5.41, 5.74) is 1.58. The monoisotopic (exact) mass is 312 g/mol. The number of ether oxygens (including phenoxy) is 1. The van der Waals surface area contributed by atoms with Gasteiger partial charge in [-0.05, 0) is 50.2 Å². The van der Waals surface area contributed by atoms with Crippen LogP contribution in [0.2, 0.25) is 0 Å². The highest BCUT2D eigenvalue weighted by Crippen LogP contribution is 2.16. The minimum Gasteiger partial charge on any atom is -0.494 e. The van der Waals surface area contributed by atoms with Crippen molar-refractivity contribution in [1.29, 1.82) is 0 Å². The van der Waals surface area contributed by atoms with E-state index in [0.717, 1.165) is 0 Å². The molecule has 2 N–H and O–H groups in total. The molecule has 2 rings (SSSR count). The molecule has 0 aromatic heterocycles. The average Bonchev–Trinajstić information content (AvgIpc) is 2.56. The largest absolute Gasteiger partial charge is 0.494 e. The summed E-state index contributed by atoms with van der Waals surface area (Å²) in [6.45, 7) is 4.84. The van der Waals surface area contributed by atoms with Gasteiger partial charge in [0.1, 0.15) is 5.75 Å². The first kappa shape index (κ1) is 16.5. The maximum atomic E-state index is 12.3. The second-order valence-electron chi connectivity index (χ2n) is 4.86. The normalized spacial score (nSPS) is 10.0. The number of hydrogen-bond acceptors (Lipinski definition) is 3. The Balaban J connectivity index is 2.12. The maximum absolute atomic E-state index is 12.3. The smallest absolute Gasteiger partial charge is 0.255 e. The first-order valence-corrected chi connectivity index (χ1v) is 7.56. The van der Waals surface area contributed by atoms with Crippen LogP contribution in [0.1, 0.15) is 34.6 Å². The minimum atomic E-state index is -0.250. The molecule has 2 aromatic rings. The molecule has 5 heteroatoms. The van der Waals surface area contributed by atoms with E-state index in [0.29, 0.717) is 35.7 Å². The maximum Gasteiger partial charge on any atom is 0.255 e. The fourth-order valence-corrected chi connectivity index (χ4v) is 2.10. The lowest BCUT2D eigenvalue weighted by molar-refractivity contribution is 0.0954. The summed E-state index contributed by atoms with van der Waals surface area (Å²) in [6.07, 6.45) is 0. The van der Waals surface area contributed by atoms with Gasteiger partial charge in [-0.15, -0.1) is 0 Å². The summed E-state index contributed by atoms with van der Waals surface area (Å²) in [5, 5.41) is 5.52. The van der Waals surface area contributed by atoms with Crippen molar-refractivity contribution in [1.82, 2.24) is 5.32 Å². The van der Waals surface area contributed by atoms with E-state index in [2.05, 4.69) is 10.6 Å². The molecule has 0 saturated carbocycles. The minimum absolute atomic E-state index is 0.165. The molecule has 0 aliphatic rings. The molecular formula is C18H20N2O3. The van der Waals surface area contributed by atoms with Crippen LogP contribution in [-0.4, -0.2) is 25.0 Å². The van der Waals surface area contributed by atoms with E-state index in [1.165, 1.54) is 0 Å². The first-order chi connectivity index (χ1) is 11.1. The van der Waals surface area contributed by atoms with E-state index in [1.54, 1.807) is 48.5 Å². The average molecular weight is 312 g/mol. The lowest BCUT2D eigenvalue weighted by Crippen LogP contribution is -2.22. The Morgan fingerprint density at radius 1 is 0.957 bits per heavy atom. The predicted octanol–water partition coefficient (Wildman–Crippen LogP) is 3.09. The second kappa shape index (κ2) is 7.98. The summed E-state index contributed by atoms with van der Waals surface area (Å²) in [4.78, 5) is 24.1. The molecule has 0 radical (unpaired) electrons. The van der Waals surface area contributed by atoms with E-state index in [1.807, 2.05) is 13.8 Å². The first-order valence-electron chi connectivity index (χ1n) is 7.56. The van der Waals surface area contributed by atoms with E-state index < -0.39 is 0 Å². The molecule has 0 saturated heterocycles. The van der Waals surface area contributed by atoms with Crippen LogP contribution in [-0.2, 0) is 0 Å². The van der Waals surface area contributed by atoms with Gasteiger partial charge in [-0.25, -0.2) is 0 Å². The molecule has 2 amide bonds. The van der Waals surface area contributed by atoms with Crippen molar-refractivity contribution in [2.45, 2.75) is 13.8 Å². The Labute approximate surface area is 135 Å². The SMILES string of the molecule is CCNC(=O)c1cccc(NC(=O)c2cccc(OCC)c2)c1. The lowest BCUT2D eigenvalue weighted by Gasteiger charge is -2.09. The van der Waals surface area contributed by atoms with Crippen LogP contribution in [0.5, 0.6) is 5.75 Å². The van der Waals surface area contributed by atoms with Crippen molar-refractivity contribution in [3.05, 3.63) is 59.7 Å². The number of hydrogen-bond donors (Lipinski definition) is 2. The predicted molar refractivity (Wildman–Crippen MR) is 90.0 cm³/mol. The van der Waals surface area contributed by atoms with E-state index in [9.17, 15) is 9.59 Å². The number of carbonyl (C=O) groups excluding carboxylic acids is 2. The Morgan fingerprint density at radius 3 is 2.35 bits per heavy atom. The third-order valence-electron chi connectivity index (χ3n) is 3.13. The van der Waals surface area contributed by atoms with Crippen LogP contribution < -0.4 is 15.4 Å². The molecular weight excluding hydrogens is 292 g/mol. The fraction of sp³-hybridized carbons (Fsp3) is 0.222. The second-order valence-corrected chi connectivity index (χ2v) is 4.86. The number of rotatable bonds is 6. The van der Waals surface area contributed by atoms with Crippen molar-refractivity contribution in [2.24, 2.45) is 0 Å². The molecule has 0 bridgehead atoms. The van der Waals surface area contributed by atoms with Crippen LogP contribution in [0.25, 0.3) is 0 Å². The van der Waals surface area contributed by atoms with Gasteiger partial charge in [-0.3, -0.25) is 9.59 Å². The number of carbonyl (C=O) groups is 2. The van der Waals surface area contributed by atoms with E-state index in [4.69, 9.17) is 4.74 Å². The molecule has 0 fully saturated rings. The summed E-state index contributed by atoms with van der Waals surface area (Å²) < 4.78 is 5.39. The van der Waals surface area contributed by atoms with Crippen LogP contribution in [0.4, 0.5) is 5.69 Å². The quantitative estimate of drug-likeness (QED) is 0.861. The van der Waals surface area contributed by atoms with Crippen molar-refractivity contribution in [2.75, 3.05) is 18.5 Å². The Kier molecular flexibility index (Phi) is 5.74. The summed E-state index contributed by atoms with van der Waals surface area (Å²) >= 11 is 0. The zero-order chi connectivity index (χ0) is 16.7. The van der Waals surface area contributed by atoms with Crippen LogP contribution >= 0.6 is 0 Å². The van der Waals surface area contributed by atoms with Crippen molar-refractivity contribution >= 4 is 17.5 Å². The molecule has 0 spiro atoms. The molecule has 23 heavy (non-hydrogen) atoms. The molecule has 0 unspecified atom stereocenters. The number of amides is 2. The highest BCUT2D eigenvalue weighted by molar-refractivity contribution is 6.05. The molecule has 0 atom stereocenters. The Morgan fingerprint density at radius 2 is 1.65 bits per heavy atom. The van der Waals surface area contributed by atoms with Gasteiger partial charge in [0.2, 0.25) is 0 Å². The Hall–Kier alpha value is -2.82. The number of anilines is 1. The van der Waals surface area contributed by atoms with Crippen molar-refractivity contribution in [3.63, 3.8) is 0 Å². The third-order valence-corrected chi connectivity index (χ3v) is 3.13. The van der Waals surface area contributed by atoms with E-state index >= 15 is 0 Å². The molecule has 2 aromatic carbocycles. The topological polar surface area (TPSA) is 67.4 Å². The van der Waals surface area contributed by atoms with Crippen molar-refractivity contribution in [3.8, 4) is 5.75 Å². The van der Waals surface area contributed by atoms with Gasteiger partial charge in [-0.2, -0.15) is 0 Å². The zero-order valence-electron chi connectivity index (χ0n) is 13.3. The Bertz CT molecular complexity index is 698. The summed E-state index contributed by atoms with van der Waals surface area (Å²) in [7, 11) is 0. The summed E-state index contributed by atoms with van der Waals surface area (Å²) in [6, 6.07) is 13.8. The molecule has 0 aliphatic heterocycles. The van der Waals surface area contributed by atoms with Gasteiger partial charge < -0.3 is 15.4 Å². The van der Waals surface area contributed by atoms with Crippen LogP contribution in [0.15, 0.2) is 48.5 Å².